The van der Waals surface area contributed by atoms with Crippen LogP contribution in [0.4, 0.5) is 0 Å². The number of hydrogen-bond acceptors (Lipinski definition) is 3. The fraction of sp³-hybridized carbons (Fsp3) is 0. The summed E-state index contributed by atoms with van der Waals surface area (Å²) in [7, 11) is 0. The molecule has 4 heteroatoms. The summed E-state index contributed by atoms with van der Waals surface area (Å²) in [6.45, 7) is 0. The van der Waals surface area contributed by atoms with Crippen LogP contribution in [0.1, 0.15) is 0 Å². The number of hydrazine groups is 1. The van der Waals surface area contributed by atoms with Crippen LogP contribution in [0.25, 0.3) is 0 Å². The largest absolute Gasteiger partial charge is 0.477 e. The van der Waals surface area contributed by atoms with Crippen molar-refractivity contribution in [2.75, 3.05) is 0 Å². The normalized spacial score (nSPS) is 18.6. The van der Waals surface area contributed by atoms with Gasteiger partial charge in [0.1, 0.15) is 5.70 Å². The van der Waals surface area contributed by atoms with Crippen molar-refractivity contribution in [1.82, 2.24) is 10.4 Å². The molecule has 4 nitrogen and oxygen atoms in total. The first-order chi connectivity index (χ1) is 6.29. The van der Waals surface area contributed by atoms with E-state index < -0.39 is 5.97 Å². The van der Waals surface area contributed by atoms with Gasteiger partial charge in [0.15, 0.2) is 0 Å². The summed E-state index contributed by atoms with van der Waals surface area (Å²) >= 11 is 0. The van der Waals surface area contributed by atoms with E-state index in [4.69, 9.17) is 5.11 Å². The van der Waals surface area contributed by atoms with E-state index in [0.717, 1.165) is 5.70 Å². The predicted octanol–water partition coefficient (Wildman–Crippen LogP) is 0.742. The molecule has 66 valence electrons. The molecule has 0 radical (unpaired) electrons. The number of hydrogen-bond donors (Lipinski definition) is 2. The van der Waals surface area contributed by atoms with Crippen molar-refractivity contribution in [3.05, 3.63) is 48.0 Å². The molecule has 13 heavy (non-hydrogen) atoms. The average molecular weight is 176 g/mol. The fourth-order valence-electron chi connectivity index (χ4n) is 1.23. The number of rotatable bonds is 1. The Morgan fingerprint density at radius 1 is 1.38 bits per heavy atom. The van der Waals surface area contributed by atoms with E-state index in [0.29, 0.717) is 0 Å². The molecule has 2 heterocycles. The van der Waals surface area contributed by atoms with Gasteiger partial charge in [-0.2, -0.15) is 0 Å². The van der Waals surface area contributed by atoms with Gasteiger partial charge in [-0.1, -0.05) is 12.2 Å². The number of fused-ring (bicyclic) bond motifs is 1. The summed E-state index contributed by atoms with van der Waals surface area (Å²) in [5.41, 5.74) is 3.86. The van der Waals surface area contributed by atoms with Gasteiger partial charge in [-0.3, -0.25) is 0 Å². The second-order valence-electron chi connectivity index (χ2n) is 2.63. The first-order valence-corrected chi connectivity index (χ1v) is 3.84. The summed E-state index contributed by atoms with van der Waals surface area (Å²) in [6, 6.07) is 0. The van der Waals surface area contributed by atoms with Gasteiger partial charge >= 0.3 is 5.97 Å². The van der Waals surface area contributed by atoms with Crippen LogP contribution in [0, 0.1) is 0 Å². The minimum absolute atomic E-state index is 0.213. The van der Waals surface area contributed by atoms with E-state index >= 15 is 0 Å². The Balaban J connectivity index is 2.40. The van der Waals surface area contributed by atoms with Crippen LogP contribution in [-0.2, 0) is 4.79 Å². The number of aliphatic carboxylic acids is 1. The van der Waals surface area contributed by atoms with Crippen LogP contribution in [0.3, 0.4) is 0 Å². The molecule has 0 aliphatic carbocycles. The molecule has 0 saturated heterocycles. The number of carboxylic acid groups (broad SMARTS) is 1. The molecule has 0 aromatic heterocycles. The van der Waals surface area contributed by atoms with Gasteiger partial charge in [0.05, 0.1) is 5.70 Å². The third kappa shape index (κ3) is 1.22. The van der Waals surface area contributed by atoms with Gasteiger partial charge < -0.3 is 10.5 Å². The van der Waals surface area contributed by atoms with E-state index in [1.54, 1.807) is 24.4 Å². The van der Waals surface area contributed by atoms with Crippen molar-refractivity contribution < 1.29 is 9.90 Å². The second kappa shape index (κ2) is 2.82. The van der Waals surface area contributed by atoms with Crippen molar-refractivity contribution in [2.45, 2.75) is 0 Å². The molecule has 0 amide bonds. The Morgan fingerprint density at radius 2 is 2.15 bits per heavy atom. The van der Waals surface area contributed by atoms with Crippen molar-refractivity contribution in [3.8, 4) is 0 Å². The first kappa shape index (κ1) is 7.67. The maximum absolute atomic E-state index is 10.8. The fourth-order valence-corrected chi connectivity index (χ4v) is 1.23. The molecule has 2 aliphatic heterocycles. The first-order valence-electron chi connectivity index (χ1n) is 3.84. The lowest BCUT2D eigenvalue weighted by atomic mass is 10.3. The van der Waals surface area contributed by atoms with Crippen molar-refractivity contribution in [3.63, 3.8) is 0 Å². The molecule has 0 atom stereocenters. The molecule has 0 fully saturated rings. The van der Waals surface area contributed by atoms with Gasteiger partial charge in [0.25, 0.3) is 0 Å². The third-order valence-electron chi connectivity index (χ3n) is 1.81. The molecular formula is C9H8N2O2. The smallest absolute Gasteiger partial charge is 0.354 e. The molecule has 2 N–H and O–H groups in total. The van der Waals surface area contributed by atoms with Crippen molar-refractivity contribution in [2.24, 2.45) is 0 Å². The average Bonchev–Trinajstić information content (AvgIpc) is 2.44. The topological polar surface area (TPSA) is 52.6 Å². The van der Waals surface area contributed by atoms with Gasteiger partial charge in [0, 0.05) is 6.20 Å². The lowest BCUT2D eigenvalue weighted by Crippen LogP contribution is -2.31. The summed E-state index contributed by atoms with van der Waals surface area (Å²) in [4.78, 5) is 10.8. The van der Waals surface area contributed by atoms with E-state index in [1.165, 1.54) is 5.01 Å². The zero-order chi connectivity index (χ0) is 9.26. The summed E-state index contributed by atoms with van der Waals surface area (Å²) in [5.74, 6) is -0.950. The highest BCUT2D eigenvalue weighted by atomic mass is 16.4. The van der Waals surface area contributed by atoms with Crippen LogP contribution in [0.15, 0.2) is 48.0 Å². The van der Waals surface area contributed by atoms with E-state index in [-0.39, 0.29) is 5.70 Å². The number of nitrogens with zero attached hydrogens (tertiary/aromatic N) is 1. The highest BCUT2D eigenvalue weighted by Gasteiger charge is 2.21. The van der Waals surface area contributed by atoms with Crippen LogP contribution in [0.5, 0.6) is 0 Å². The van der Waals surface area contributed by atoms with Gasteiger partial charge in [-0.05, 0) is 18.2 Å². The Morgan fingerprint density at radius 3 is 2.92 bits per heavy atom. The van der Waals surface area contributed by atoms with E-state index in [2.05, 4.69) is 5.43 Å². The zero-order valence-electron chi connectivity index (χ0n) is 6.77. The van der Waals surface area contributed by atoms with Crippen LogP contribution < -0.4 is 5.43 Å². The Bertz CT molecular complexity index is 364. The molecule has 0 aromatic rings. The van der Waals surface area contributed by atoms with E-state index in [1.807, 2.05) is 12.2 Å². The molecule has 0 spiro atoms. The monoisotopic (exact) mass is 176 g/mol. The number of allylic oxidation sites excluding steroid dienone is 5. The standard InChI is InChI=1S/C9H8N2O2/c12-9(13)8-4-2-1-3-7-5-6-10-11(7)8/h1-6,10H,(H,12,13). The maximum Gasteiger partial charge on any atom is 0.354 e. The number of nitrogens with one attached hydrogen (secondary N) is 1. The Hall–Kier alpha value is -1.97. The van der Waals surface area contributed by atoms with Crippen LogP contribution in [-0.4, -0.2) is 16.1 Å². The number of carbonyl (C=O) groups is 1. The summed E-state index contributed by atoms with van der Waals surface area (Å²) < 4.78 is 0. The van der Waals surface area contributed by atoms with Crippen molar-refractivity contribution >= 4 is 5.97 Å². The molecule has 0 aromatic carbocycles. The molecule has 2 aliphatic rings. The minimum Gasteiger partial charge on any atom is -0.477 e. The molecule has 0 unspecified atom stereocenters. The van der Waals surface area contributed by atoms with Crippen LogP contribution >= 0.6 is 0 Å². The predicted molar refractivity (Wildman–Crippen MR) is 47.1 cm³/mol. The SMILES string of the molecule is O=C(O)C1=CC=CC=C2C=CNN21. The lowest BCUT2D eigenvalue weighted by molar-refractivity contribution is -0.134. The van der Waals surface area contributed by atoms with Gasteiger partial charge in [0.2, 0.25) is 0 Å². The molecular weight excluding hydrogens is 168 g/mol. The Kier molecular flexibility index (Phi) is 1.66. The van der Waals surface area contributed by atoms with E-state index in [9.17, 15) is 4.79 Å². The lowest BCUT2D eigenvalue weighted by Gasteiger charge is -2.19. The Labute approximate surface area is 75.1 Å². The van der Waals surface area contributed by atoms with Crippen LogP contribution in [0.2, 0.25) is 0 Å². The maximum atomic E-state index is 10.8. The highest BCUT2D eigenvalue weighted by molar-refractivity contribution is 5.87. The summed E-state index contributed by atoms with van der Waals surface area (Å²) in [5, 5.41) is 10.4. The molecule has 2 rings (SSSR count). The minimum atomic E-state index is -0.950. The summed E-state index contributed by atoms with van der Waals surface area (Å²) in [6.07, 6.45) is 10.4. The number of carboxylic acids is 1. The molecule has 0 bridgehead atoms. The quantitative estimate of drug-likeness (QED) is 0.618. The van der Waals surface area contributed by atoms with Crippen molar-refractivity contribution in [1.29, 1.82) is 0 Å². The molecule has 0 saturated carbocycles. The third-order valence-corrected chi connectivity index (χ3v) is 1.81. The van der Waals surface area contributed by atoms with Gasteiger partial charge in [-0.15, -0.1) is 0 Å². The zero-order valence-corrected chi connectivity index (χ0v) is 6.77. The second-order valence-corrected chi connectivity index (χ2v) is 2.63. The van der Waals surface area contributed by atoms with Gasteiger partial charge in [-0.25, -0.2) is 9.80 Å². The highest BCUT2D eigenvalue weighted by Crippen LogP contribution is 2.18.